The fourth-order valence-corrected chi connectivity index (χ4v) is 5.36. The molecule has 0 aromatic heterocycles. The first kappa shape index (κ1) is 19.1. The van der Waals surface area contributed by atoms with Crippen molar-refractivity contribution >= 4 is 10.0 Å². The normalized spacial score (nSPS) is 15.5. The highest BCUT2D eigenvalue weighted by atomic mass is 32.2. The Bertz CT molecular complexity index is 862. The summed E-state index contributed by atoms with van der Waals surface area (Å²) in [6.45, 7) is 9.16. The zero-order valence-electron chi connectivity index (χ0n) is 15.9. The summed E-state index contributed by atoms with van der Waals surface area (Å²) in [7, 11) is -3.54. The van der Waals surface area contributed by atoms with Crippen LogP contribution in [0.4, 0.5) is 0 Å². The standard InChI is InChI=1S/C21H28N2O2S/c1-16-12-17(2)21(18(3)13-16)26(24,25)22-14-19-8-4-5-9-20(19)15-23-10-6-7-11-23/h4-5,8-9,12-13,22H,6-7,10-11,14-15H2,1-3H3. The van der Waals surface area contributed by atoms with E-state index in [9.17, 15) is 8.42 Å². The third-order valence-electron chi connectivity index (χ3n) is 5.04. The molecule has 26 heavy (non-hydrogen) atoms. The summed E-state index contributed by atoms with van der Waals surface area (Å²) in [5.41, 5.74) is 4.91. The number of benzene rings is 2. The van der Waals surface area contributed by atoms with Crippen LogP contribution in [0.25, 0.3) is 0 Å². The Morgan fingerprint density at radius 3 is 2.15 bits per heavy atom. The van der Waals surface area contributed by atoms with Crippen LogP contribution in [0.15, 0.2) is 41.3 Å². The second-order valence-electron chi connectivity index (χ2n) is 7.30. The molecule has 1 aliphatic heterocycles. The number of hydrogen-bond donors (Lipinski definition) is 1. The lowest BCUT2D eigenvalue weighted by molar-refractivity contribution is 0.330. The van der Waals surface area contributed by atoms with Crippen molar-refractivity contribution in [3.63, 3.8) is 0 Å². The highest BCUT2D eigenvalue weighted by molar-refractivity contribution is 7.89. The summed E-state index contributed by atoms with van der Waals surface area (Å²) >= 11 is 0. The minimum Gasteiger partial charge on any atom is -0.299 e. The molecule has 2 aromatic carbocycles. The number of sulfonamides is 1. The van der Waals surface area contributed by atoms with E-state index in [0.717, 1.165) is 41.9 Å². The molecule has 3 rings (SSSR count). The number of aryl methyl sites for hydroxylation is 3. The van der Waals surface area contributed by atoms with E-state index >= 15 is 0 Å². The molecule has 5 heteroatoms. The van der Waals surface area contributed by atoms with Crippen LogP contribution in [-0.4, -0.2) is 26.4 Å². The summed E-state index contributed by atoms with van der Waals surface area (Å²) < 4.78 is 28.6. The lowest BCUT2D eigenvalue weighted by Gasteiger charge is -2.18. The minimum atomic E-state index is -3.54. The topological polar surface area (TPSA) is 49.4 Å². The number of rotatable bonds is 6. The number of hydrogen-bond acceptors (Lipinski definition) is 3. The van der Waals surface area contributed by atoms with Crippen molar-refractivity contribution in [2.75, 3.05) is 13.1 Å². The molecule has 1 aliphatic rings. The van der Waals surface area contributed by atoms with Crippen molar-refractivity contribution in [2.45, 2.75) is 51.6 Å². The van der Waals surface area contributed by atoms with E-state index in [-0.39, 0.29) is 0 Å². The molecule has 0 atom stereocenters. The summed E-state index contributed by atoms with van der Waals surface area (Å²) in [5.74, 6) is 0. The average Bonchev–Trinajstić information content (AvgIpc) is 3.06. The largest absolute Gasteiger partial charge is 0.299 e. The molecule has 0 unspecified atom stereocenters. The maximum absolute atomic E-state index is 12.9. The quantitative estimate of drug-likeness (QED) is 0.841. The fraction of sp³-hybridized carbons (Fsp3) is 0.429. The van der Waals surface area contributed by atoms with Crippen LogP contribution in [0.2, 0.25) is 0 Å². The lowest BCUT2D eigenvalue weighted by Crippen LogP contribution is -2.26. The molecule has 1 N–H and O–H groups in total. The highest BCUT2D eigenvalue weighted by Gasteiger charge is 2.20. The van der Waals surface area contributed by atoms with Gasteiger partial charge in [-0.3, -0.25) is 4.90 Å². The Hall–Kier alpha value is -1.69. The predicted molar refractivity (Wildman–Crippen MR) is 106 cm³/mol. The number of likely N-dealkylation sites (tertiary alicyclic amines) is 1. The van der Waals surface area contributed by atoms with Gasteiger partial charge in [0.05, 0.1) is 4.90 Å². The lowest BCUT2D eigenvalue weighted by atomic mass is 10.1. The van der Waals surface area contributed by atoms with Gasteiger partial charge < -0.3 is 0 Å². The fourth-order valence-electron chi connectivity index (χ4n) is 3.90. The molecule has 0 radical (unpaired) electrons. The van der Waals surface area contributed by atoms with Crippen LogP contribution >= 0.6 is 0 Å². The SMILES string of the molecule is Cc1cc(C)c(S(=O)(=O)NCc2ccccc2CN2CCCC2)c(C)c1. The van der Waals surface area contributed by atoms with E-state index < -0.39 is 10.0 Å². The molecule has 140 valence electrons. The van der Waals surface area contributed by atoms with Crippen molar-refractivity contribution in [1.29, 1.82) is 0 Å². The Morgan fingerprint density at radius 1 is 0.962 bits per heavy atom. The first-order valence-electron chi connectivity index (χ1n) is 9.23. The summed E-state index contributed by atoms with van der Waals surface area (Å²) in [5, 5.41) is 0. The molecule has 4 nitrogen and oxygen atoms in total. The highest BCUT2D eigenvalue weighted by Crippen LogP contribution is 2.22. The van der Waals surface area contributed by atoms with Crippen molar-refractivity contribution in [3.8, 4) is 0 Å². The second kappa shape index (κ2) is 7.91. The third kappa shape index (κ3) is 4.34. The Labute approximate surface area is 157 Å². The van der Waals surface area contributed by atoms with Crippen molar-refractivity contribution in [2.24, 2.45) is 0 Å². The van der Waals surface area contributed by atoms with Gasteiger partial charge in [0.15, 0.2) is 0 Å². The predicted octanol–water partition coefficient (Wildman–Crippen LogP) is 3.69. The molecular weight excluding hydrogens is 344 g/mol. The van der Waals surface area contributed by atoms with Gasteiger partial charge in [-0.1, -0.05) is 42.0 Å². The second-order valence-corrected chi connectivity index (χ2v) is 9.01. The van der Waals surface area contributed by atoms with Crippen LogP contribution < -0.4 is 4.72 Å². The zero-order chi connectivity index (χ0) is 18.7. The molecule has 1 saturated heterocycles. The maximum Gasteiger partial charge on any atom is 0.241 e. The van der Waals surface area contributed by atoms with E-state index in [4.69, 9.17) is 0 Å². The van der Waals surface area contributed by atoms with Gasteiger partial charge in [-0.25, -0.2) is 13.1 Å². The molecule has 0 bridgehead atoms. The molecule has 0 amide bonds. The van der Waals surface area contributed by atoms with Gasteiger partial charge in [-0.2, -0.15) is 0 Å². The van der Waals surface area contributed by atoms with Crippen molar-refractivity contribution < 1.29 is 8.42 Å². The minimum absolute atomic E-state index is 0.319. The van der Waals surface area contributed by atoms with Gasteiger partial charge in [0, 0.05) is 13.1 Å². The first-order chi connectivity index (χ1) is 12.4. The van der Waals surface area contributed by atoms with E-state index in [1.807, 2.05) is 51.1 Å². The van der Waals surface area contributed by atoms with Gasteiger partial charge in [0.1, 0.15) is 0 Å². The van der Waals surface area contributed by atoms with E-state index in [2.05, 4.69) is 15.7 Å². The average molecular weight is 373 g/mol. The Kier molecular flexibility index (Phi) is 5.80. The van der Waals surface area contributed by atoms with E-state index in [1.165, 1.54) is 18.4 Å². The zero-order valence-corrected chi connectivity index (χ0v) is 16.7. The van der Waals surface area contributed by atoms with Gasteiger partial charge in [-0.05, 0) is 69.0 Å². The maximum atomic E-state index is 12.9. The molecule has 0 saturated carbocycles. The molecule has 0 spiro atoms. The monoisotopic (exact) mass is 372 g/mol. The smallest absolute Gasteiger partial charge is 0.241 e. The van der Waals surface area contributed by atoms with Crippen LogP contribution in [0.3, 0.4) is 0 Å². The molecule has 2 aromatic rings. The van der Waals surface area contributed by atoms with Crippen LogP contribution in [0.1, 0.15) is 40.7 Å². The van der Waals surface area contributed by atoms with Crippen molar-refractivity contribution in [3.05, 3.63) is 64.2 Å². The van der Waals surface area contributed by atoms with Gasteiger partial charge in [0.25, 0.3) is 0 Å². The van der Waals surface area contributed by atoms with Gasteiger partial charge in [-0.15, -0.1) is 0 Å². The van der Waals surface area contributed by atoms with Gasteiger partial charge in [0.2, 0.25) is 10.0 Å². The van der Waals surface area contributed by atoms with Crippen LogP contribution in [0, 0.1) is 20.8 Å². The van der Waals surface area contributed by atoms with E-state index in [0.29, 0.717) is 11.4 Å². The molecule has 1 heterocycles. The third-order valence-corrected chi connectivity index (χ3v) is 6.74. The number of nitrogens with zero attached hydrogens (tertiary/aromatic N) is 1. The molecule has 0 aliphatic carbocycles. The van der Waals surface area contributed by atoms with Crippen molar-refractivity contribution in [1.82, 2.24) is 9.62 Å². The van der Waals surface area contributed by atoms with Gasteiger partial charge >= 0.3 is 0 Å². The Morgan fingerprint density at radius 2 is 1.54 bits per heavy atom. The number of nitrogens with one attached hydrogen (secondary N) is 1. The summed E-state index contributed by atoms with van der Waals surface area (Å²) in [6, 6.07) is 12.0. The molecule has 1 fully saturated rings. The summed E-state index contributed by atoms with van der Waals surface area (Å²) in [6.07, 6.45) is 2.50. The summed E-state index contributed by atoms with van der Waals surface area (Å²) in [4.78, 5) is 2.84. The van der Waals surface area contributed by atoms with Crippen LogP contribution in [0.5, 0.6) is 0 Å². The van der Waals surface area contributed by atoms with Crippen LogP contribution in [-0.2, 0) is 23.1 Å². The first-order valence-corrected chi connectivity index (χ1v) is 10.7. The Balaban J connectivity index is 1.78. The van der Waals surface area contributed by atoms with E-state index in [1.54, 1.807) is 0 Å². The molecular formula is C21H28N2O2S.